The lowest BCUT2D eigenvalue weighted by molar-refractivity contribution is -0.00528. The summed E-state index contributed by atoms with van der Waals surface area (Å²) in [6, 6.07) is 1.44. The zero-order chi connectivity index (χ0) is 15.5. The molecule has 0 amide bonds. The molecule has 2 fully saturated rings. The molecular formula is C18H37N3. The lowest BCUT2D eigenvalue weighted by atomic mass is 9.79. The van der Waals surface area contributed by atoms with Gasteiger partial charge in [-0.2, -0.15) is 0 Å². The van der Waals surface area contributed by atoms with Gasteiger partial charge in [0.15, 0.2) is 0 Å². The average Bonchev–Trinajstić information content (AvgIpc) is 2.54. The number of nitrogens with zero attached hydrogens (tertiary/aromatic N) is 2. The Morgan fingerprint density at radius 3 is 2.14 bits per heavy atom. The number of hydrogen-bond acceptors (Lipinski definition) is 3. The van der Waals surface area contributed by atoms with E-state index in [2.05, 4.69) is 37.6 Å². The highest BCUT2D eigenvalue weighted by atomic mass is 15.3. The van der Waals surface area contributed by atoms with Crippen molar-refractivity contribution in [2.45, 2.75) is 83.3 Å². The Bertz CT molecular complexity index is 300. The molecule has 0 atom stereocenters. The van der Waals surface area contributed by atoms with Gasteiger partial charge >= 0.3 is 0 Å². The smallest absolute Gasteiger partial charge is 0.0355 e. The maximum Gasteiger partial charge on any atom is 0.0355 e. The Morgan fingerprint density at radius 1 is 1.14 bits per heavy atom. The largest absolute Gasteiger partial charge is 0.329 e. The van der Waals surface area contributed by atoms with E-state index in [9.17, 15) is 0 Å². The second-order valence-electron chi connectivity index (χ2n) is 7.75. The highest BCUT2D eigenvalue weighted by Gasteiger charge is 2.40. The summed E-state index contributed by atoms with van der Waals surface area (Å²) in [6.45, 7) is 10.2. The van der Waals surface area contributed by atoms with Gasteiger partial charge in [-0.1, -0.05) is 13.3 Å². The van der Waals surface area contributed by atoms with Crippen molar-refractivity contribution in [3.63, 3.8) is 0 Å². The minimum Gasteiger partial charge on any atom is -0.329 e. The van der Waals surface area contributed by atoms with Crippen molar-refractivity contribution in [1.29, 1.82) is 0 Å². The first-order valence-corrected chi connectivity index (χ1v) is 9.19. The van der Waals surface area contributed by atoms with Crippen LogP contribution in [0.5, 0.6) is 0 Å². The summed E-state index contributed by atoms with van der Waals surface area (Å²) in [7, 11) is 2.36. The number of rotatable bonds is 5. The van der Waals surface area contributed by atoms with E-state index in [1.54, 1.807) is 0 Å². The first kappa shape index (κ1) is 17.2. The minimum absolute atomic E-state index is 0.259. The number of likely N-dealkylation sites (tertiary alicyclic amines) is 1. The zero-order valence-corrected chi connectivity index (χ0v) is 14.8. The molecule has 0 radical (unpaired) electrons. The van der Waals surface area contributed by atoms with Crippen molar-refractivity contribution in [3.8, 4) is 0 Å². The van der Waals surface area contributed by atoms with E-state index in [1.165, 1.54) is 58.0 Å². The van der Waals surface area contributed by atoms with Crippen molar-refractivity contribution in [3.05, 3.63) is 0 Å². The van der Waals surface area contributed by atoms with Crippen LogP contribution in [0.4, 0.5) is 0 Å². The number of nitrogens with two attached hydrogens (primary N) is 1. The van der Waals surface area contributed by atoms with Crippen LogP contribution >= 0.6 is 0 Å². The minimum atomic E-state index is 0.259. The molecule has 3 nitrogen and oxygen atoms in total. The fourth-order valence-corrected chi connectivity index (χ4v) is 4.49. The molecule has 21 heavy (non-hydrogen) atoms. The monoisotopic (exact) mass is 295 g/mol. The van der Waals surface area contributed by atoms with Gasteiger partial charge in [0.2, 0.25) is 0 Å². The van der Waals surface area contributed by atoms with Gasteiger partial charge in [-0.05, 0) is 65.3 Å². The molecule has 124 valence electrons. The predicted molar refractivity (Wildman–Crippen MR) is 91.5 cm³/mol. The molecule has 1 saturated heterocycles. The van der Waals surface area contributed by atoms with Crippen molar-refractivity contribution in [2.24, 2.45) is 11.7 Å². The Morgan fingerprint density at radius 2 is 1.71 bits per heavy atom. The van der Waals surface area contributed by atoms with Crippen LogP contribution in [0.25, 0.3) is 0 Å². The molecule has 0 aromatic carbocycles. The van der Waals surface area contributed by atoms with E-state index in [1.807, 2.05) is 0 Å². The fraction of sp³-hybridized carbons (Fsp3) is 1.00. The van der Waals surface area contributed by atoms with E-state index in [0.29, 0.717) is 6.04 Å². The van der Waals surface area contributed by atoms with Crippen LogP contribution in [0.1, 0.15) is 65.7 Å². The Labute approximate surface area is 132 Å². The normalized spacial score (nSPS) is 31.0. The molecule has 0 bridgehead atoms. The van der Waals surface area contributed by atoms with Gasteiger partial charge in [-0.3, -0.25) is 4.90 Å². The van der Waals surface area contributed by atoms with E-state index in [0.717, 1.165) is 18.5 Å². The molecule has 0 aromatic heterocycles. The summed E-state index contributed by atoms with van der Waals surface area (Å²) in [5.41, 5.74) is 6.52. The van der Waals surface area contributed by atoms with Gasteiger partial charge in [0, 0.05) is 37.3 Å². The first-order chi connectivity index (χ1) is 10.0. The van der Waals surface area contributed by atoms with Crippen LogP contribution < -0.4 is 5.73 Å². The standard InChI is InChI=1S/C18H37N3/c1-5-16-6-8-17(9-7-16)20(4)18(14-19)10-12-21(13-11-18)15(2)3/h15-17H,5-14,19H2,1-4H3. The molecule has 0 unspecified atom stereocenters. The highest BCUT2D eigenvalue weighted by molar-refractivity contribution is 4.98. The van der Waals surface area contributed by atoms with Crippen LogP contribution in [0, 0.1) is 5.92 Å². The van der Waals surface area contributed by atoms with Gasteiger partial charge in [-0.15, -0.1) is 0 Å². The molecule has 0 spiro atoms. The molecule has 0 aromatic rings. The van der Waals surface area contributed by atoms with Crippen molar-refractivity contribution in [1.82, 2.24) is 9.80 Å². The Kier molecular flexibility index (Phi) is 6.10. The second kappa shape index (κ2) is 7.43. The summed E-state index contributed by atoms with van der Waals surface area (Å²) in [6.07, 6.45) is 9.45. The SMILES string of the molecule is CCC1CCC(N(C)C2(CN)CCN(C(C)C)CC2)CC1. The van der Waals surface area contributed by atoms with E-state index in [-0.39, 0.29) is 5.54 Å². The Balaban J connectivity index is 1.94. The average molecular weight is 296 g/mol. The van der Waals surface area contributed by atoms with Crippen LogP contribution in [0.2, 0.25) is 0 Å². The maximum atomic E-state index is 6.26. The lowest BCUT2D eigenvalue weighted by Crippen LogP contribution is -2.61. The topological polar surface area (TPSA) is 32.5 Å². The molecule has 2 aliphatic rings. The molecule has 2 N–H and O–H groups in total. The van der Waals surface area contributed by atoms with Gasteiger partial charge in [0.1, 0.15) is 0 Å². The molecule has 1 aliphatic carbocycles. The van der Waals surface area contributed by atoms with Crippen molar-refractivity contribution in [2.75, 3.05) is 26.7 Å². The van der Waals surface area contributed by atoms with Crippen LogP contribution in [0.15, 0.2) is 0 Å². The molecule has 1 saturated carbocycles. The molecule has 1 heterocycles. The number of likely N-dealkylation sites (N-methyl/N-ethyl adjacent to an activating group) is 1. The maximum absolute atomic E-state index is 6.26. The summed E-state index contributed by atoms with van der Waals surface area (Å²) in [5, 5.41) is 0. The quantitative estimate of drug-likeness (QED) is 0.846. The number of hydrogen-bond donors (Lipinski definition) is 1. The van der Waals surface area contributed by atoms with Crippen molar-refractivity contribution < 1.29 is 0 Å². The molecule has 1 aliphatic heterocycles. The number of piperidine rings is 1. The Hall–Kier alpha value is -0.120. The van der Waals surface area contributed by atoms with Gasteiger partial charge in [0.05, 0.1) is 0 Å². The second-order valence-corrected chi connectivity index (χ2v) is 7.75. The lowest BCUT2D eigenvalue weighted by Gasteiger charge is -2.51. The van der Waals surface area contributed by atoms with Crippen molar-refractivity contribution >= 4 is 0 Å². The molecular weight excluding hydrogens is 258 g/mol. The highest BCUT2D eigenvalue weighted by Crippen LogP contribution is 2.35. The van der Waals surface area contributed by atoms with Crippen LogP contribution in [-0.2, 0) is 0 Å². The summed E-state index contributed by atoms with van der Waals surface area (Å²) >= 11 is 0. The van der Waals surface area contributed by atoms with E-state index >= 15 is 0 Å². The summed E-state index contributed by atoms with van der Waals surface area (Å²) < 4.78 is 0. The van der Waals surface area contributed by atoms with Gasteiger partial charge in [0.25, 0.3) is 0 Å². The van der Waals surface area contributed by atoms with Crippen LogP contribution in [-0.4, -0.2) is 54.1 Å². The zero-order valence-electron chi connectivity index (χ0n) is 14.8. The van der Waals surface area contributed by atoms with Gasteiger partial charge in [-0.25, -0.2) is 0 Å². The first-order valence-electron chi connectivity index (χ1n) is 9.19. The third-order valence-electron chi connectivity index (χ3n) is 6.53. The van der Waals surface area contributed by atoms with Gasteiger partial charge < -0.3 is 10.6 Å². The van der Waals surface area contributed by atoms with Crippen LogP contribution in [0.3, 0.4) is 0 Å². The third kappa shape index (κ3) is 3.80. The fourth-order valence-electron chi connectivity index (χ4n) is 4.49. The van der Waals surface area contributed by atoms with E-state index in [4.69, 9.17) is 5.73 Å². The predicted octanol–water partition coefficient (Wildman–Crippen LogP) is 3.09. The molecule has 2 rings (SSSR count). The molecule has 3 heteroatoms. The summed E-state index contributed by atoms with van der Waals surface area (Å²) in [4.78, 5) is 5.30. The third-order valence-corrected chi connectivity index (χ3v) is 6.53. The summed E-state index contributed by atoms with van der Waals surface area (Å²) in [5.74, 6) is 0.978. The van der Waals surface area contributed by atoms with E-state index < -0.39 is 0 Å².